The van der Waals surface area contributed by atoms with E-state index in [9.17, 15) is 9.18 Å². The molecule has 2 aromatic heterocycles. The molecule has 2 unspecified atom stereocenters. The molecular formula is C28H26FN5O3S. The van der Waals surface area contributed by atoms with Crippen LogP contribution in [-0.4, -0.2) is 41.4 Å². The van der Waals surface area contributed by atoms with Crippen molar-refractivity contribution in [3.8, 4) is 11.4 Å². The molecule has 0 radical (unpaired) electrons. The molecule has 1 aliphatic heterocycles. The number of hydrogen-bond donors (Lipinski definition) is 2. The minimum atomic E-state index is -0.326. The number of hydrogen-bond acceptors (Lipinski definition) is 5. The lowest BCUT2D eigenvalue weighted by molar-refractivity contribution is -0.119. The van der Waals surface area contributed by atoms with Crippen molar-refractivity contribution in [1.29, 1.82) is 0 Å². The maximum Gasteiger partial charge on any atom is 0.250 e. The van der Waals surface area contributed by atoms with Gasteiger partial charge in [0, 0.05) is 36.6 Å². The van der Waals surface area contributed by atoms with Gasteiger partial charge in [-0.15, -0.1) is 0 Å². The Morgan fingerprint density at radius 1 is 1.08 bits per heavy atom. The van der Waals surface area contributed by atoms with E-state index in [1.54, 1.807) is 31.5 Å². The van der Waals surface area contributed by atoms with Gasteiger partial charge in [0.1, 0.15) is 24.2 Å². The predicted octanol–water partition coefficient (Wildman–Crippen LogP) is 4.78. The number of halogens is 1. The van der Waals surface area contributed by atoms with Gasteiger partial charge in [-0.05, 0) is 78.9 Å². The van der Waals surface area contributed by atoms with E-state index >= 15 is 0 Å². The second-order valence-electron chi connectivity index (χ2n) is 8.64. The summed E-state index contributed by atoms with van der Waals surface area (Å²) in [6, 6.07) is 20.9. The molecular weight excluding hydrogens is 505 g/mol. The first-order chi connectivity index (χ1) is 18.5. The number of methoxy groups -OCH3 is 2. The van der Waals surface area contributed by atoms with E-state index in [0.717, 1.165) is 22.8 Å². The topological polar surface area (TPSA) is 80.7 Å². The third kappa shape index (κ3) is 4.96. The van der Waals surface area contributed by atoms with Crippen molar-refractivity contribution in [2.45, 2.75) is 12.1 Å². The second kappa shape index (κ2) is 11.0. The summed E-state index contributed by atoms with van der Waals surface area (Å²) in [5, 5.41) is 6.78. The van der Waals surface area contributed by atoms with Crippen LogP contribution in [0.15, 0.2) is 85.2 Å². The normalized spacial score (nSPS) is 16.8. The molecule has 2 aromatic carbocycles. The maximum atomic E-state index is 13.7. The van der Waals surface area contributed by atoms with Crippen LogP contribution >= 0.6 is 12.2 Å². The number of pyridine rings is 1. The van der Waals surface area contributed by atoms with Gasteiger partial charge in [0.2, 0.25) is 5.91 Å². The van der Waals surface area contributed by atoms with E-state index in [1.165, 1.54) is 19.2 Å². The Balaban J connectivity index is 1.62. The summed E-state index contributed by atoms with van der Waals surface area (Å²) in [6.07, 6.45) is 3.68. The Hall–Kier alpha value is -4.28. The highest BCUT2D eigenvalue weighted by molar-refractivity contribution is 7.80. The largest absolute Gasteiger partial charge is 0.495 e. The van der Waals surface area contributed by atoms with Crippen LogP contribution in [0.4, 0.5) is 15.8 Å². The molecule has 2 atom stereocenters. The smallest absolute Gasteiger partial charge is 0.250 e. The third-order valence-corrected chi connectivity index (χ3v) is 6.61. The summed E-state index contributed by atoms with van der Waals surface area (Å²) >= 11 is 5.85. The third-order valence-electron chi connectivity index (χ3n) is 6.30. The van der Waals surface area contributed by atoms with Gasteiger partial charge in [0.05, 0.1) is 24.5 Å². The van der Waals surface area contributed by atoms with Gasteiger partial charge in [-0.3, -0.25) is 9.78 Å². The zero-order chi connectivity index (χ0) is 26.6. The summed E-state index contributed by atoms with van der Waals surface area (Å²) in [4.78, 5) is 18.9. The molecule has 5 rings (SSSR count). The monoisotopic (exact) mass is 531 g/mol. The summed E-state index contributed by atoms with van der Waals surface area (Å²) in [7, 11) is 3.00. The Bertz CT molecular complexity index is 1440. The Kier molecular flexibility index (Phi) is 7.34. The molecule has 0 spiro atoms. The lowest BCUT2D eigenvalue weighted by Crippen LogP contribution is -2.30. The van der Waals surface area contributed by atoms with E-state index in [2.05, 4.69) is 15.6 Å². The van der Waals surface area contributed by atoms with Gasteiger partial charge in [-0.1, -0.05) is 6.07 Å². The Labute approximate surface area is 225 Å². The quantitative estimate of drug-likeness (QED) is 0.317. The minimum absolute atomic E-state index is 0.0907. The molecule has 1 amide bonds. The number of carbonyl (C=O) groups excluding carboxylic acids is 1. The Morgan fingerprint density at radius 2 is 1.87 bits per heavy atom. The van der Waals surface area contributed by atoms with Crippen molar-refractivity contribution in [2.75, 3.05) is 31.0 Å². The van der Waals surface area contributed by atoms with Crippen LogP contribution < -0.4 is 20.3 Å². The molecule has 0 bridgehead atoms. The van der Waals surface area contributed by atoms with Crippen molar-refractivity contribution in [3.05, 3.63) is 102 Å². The van der Waals surface area contributed by atoms with Crippen molar-refractivity contribution in [3.63, 3.8) is 0 Å². The number of thiocarbonyl (C=S) groups is 1. The first-order valence-electron chi connectivity index (χ1n) is 11.9. The molecule has 1 aliphatic rings. The molecule has 194 valence electrons. The fourth-order valence-electron chi connectivity index (χ4n) is 4.67. The van der Waals surface area contributed by atoms with E-state index in [-0.39, 0.29) is 30.4 Å². The summed E-state index contributed by atoms with van der Waals surface area (Å²) in [5.41, 5.74) is 3.78. The van der Waals surface area contributed by atoms with Crippen molar-refractivity contribution >= 4 is 34.6 Å². The highest BCUT2D eigenvalue weighted by Gasteiger charge is 2.42. The van der Waals surface area contributed by atoms with Crippen LogP contribution in [0.1, 0.15) is 23.5 Å². The summed E-state index contributed by atoms with van der Waals surface area (Å²) in [5.74, 6) is -0.109. The highest BCUT2D eigenvalue weighted by atomic mass is 32.1. The van der Waals surface area contributed by atoms with E-state index in [1.807, 2.05) is 58.1 Å². The average Bonchev–Trinajstić information content (AvgIpc) is 3.54. The van der Waals surface area contributed by atoms with Gasteiger partial charge in [-0.25, -0.2) is 4.39 Å². The molecule has 8 nitrogen and oxygen atoms in total. The lowest BCUT2D eigenvalue weighted by Gasteiger charge is -2.29. The average molecular weight is 532 g/mol. The van der Waals surface area contributed by atoms with Gasteiger partial charge < -0.3 is 29.6 Å². The van der Waals surface area contributed by atoms with Crippen LogP contribution in [0.25, 0.3) is 5.69 Å². The number of nitrogens with zero attached hydrogens (tertiary/aromatic N) is 3. The van der Waals surface area contributed by atoms with Gasteiger partial charge >= 0.3 is 0 Å². The van der Waals surface area contributed by atoms with Crippen LogP contribution in [-0.2, 0) is 9.53 Å². The number of aromatic nitrogens is 2. The second-order valence-corrected chi connectivity index (χ2v) is 9.03. The summed E-state index contributed by atoms with van der Waals surface area (Å²) < 4.78 is 26.1. The zero-order valence-electron chi connectivity index (χ0n) is 20.8. The predicted molar refractivity (Wildman–Crippen MR) is 147 cm³/mol. The van der Waals surface area contributed by atoms with Crippen molar-refractivity contribution in [2.24, 2.45) is 0 Å². The molecule has 4 aromatic rings. The molecule has 0 saturated carbocycles. The van der Waals surface area contributed by atoms with E-state index in [4.69, 9.17) is 21.7 Å². The molecule has 2 N–H and O–H groups in total. The Morgan fingerprint density at radius 3 is 2.58 bits per heavy atom. The molecule has 1 saturated heterocycles. The molecule has 10 heteroatoms. The van der Waals surface area contributed by atoms with Gasteiger partial charge in [-0.2, -0.15) is 0 Å². The number of benzene rings is 2. The fraction of sp³-hybridized carbons (Fsp3) is 0.179. The minimum Gasteiger partial charge on any atom is -0.495 e. The first kappa shape index (κ1) is 25.4. The van der Waals surface area contributed by atoms with Gasteiger partial charge in [0.25, 0.3) is 0 Å². The van der Waals surface area contributed by atoms with Crippen molar-refractivity contribution < 1.29 is 18.7 Å². The maximum absolute atomic E-state index is 13.7. The van der Waals surface area contributed by atoms with E-state index < -0.39 is 0 Å². The zero-order valence-corrected chi connectivity index (χ0v) is 21.6. The lowest BCUT2D eigenvalue weighted by atomic mass is 10.0. The fourth-order valence-corrected chi connectivity index (χ4v) is 5.01. The van der Waals surface area contributed by atoms with Crippen LogP contribution in [0.3, 0.4) is 0 Å². The number of nitrogens with one attached hydrogen (secondary N) is 2. The molecule has 1 fully saturated rings. The highest BCUT2D eigenvalue weighted by Crippen LogP contribution is 2.43. The molecule has 3 heterocycles. The number of carbonyl (C=O) groups is 1. The SMILES string of the molecule is COCC(=O)Nc1cc(N2C(=S)NC(c3ccccn3)C2c2cccn2-c2ccc(F)cc2)ccc1OC. The van der Waals surface area contributed by atoms with Crippen LogP contribution in [0, 0.1) is 5.82 Å². The number of amides is 1. The van der Waals surface area contributed by atoms with Crippen LogP contribution in [0.5, 0.6) is 5.75 Å². The van der Waals surface area contributed by atoms with E-state index in [0.29, 0.717) is 16.5 Å². The number of anilines is 2. The first-order valence-corrected chi connectivity index (χ1v) is 12.3. The summed E-state index contributed by atoms with van der Waals surface area (Å²) in [6.45, 7) is -0.0907. The molecule has 0 aliphatic carbocycles. The number of rotatable bonds is 8. The van der Waals surface area contributed by atoms with Crippen LogP contribution in [0.2, 0.25) is 0 Å². The molecule has 38 heavy (non-hydrogen) atoms. The number of ether oxygens (including phenoxy) is 2. The standard InChI is InChI=1S/C28H26FN5O3S/c1-36-17-25(35)31-22-16-20(12-13-24(22)37-2)34-27(26(32-28(34)38)21-6-3-4-14-30-21)23-7-5-15-33(23)19-10-8-18(29)9-11-19/h3-16,26-27H,17H2,1-2H3,(H,31,35)(H,32,38). The van der Waals surface area contributed by atoms with Crippen molar-refractivity contribution in [1.82, 2.24) is 14.9 Å². The van der Waals surface area contributed by atoms with Gasteiger partial charge in [0.15, 0.2) is 5.11 Å².